The number of hydrogen-bond acceptors (Lipinski definition) is 11. The van der Waals surface area contributed by atoms with Crippen molar-refractivity contribution in [3.8, 4) is 16.2 Å². The van der Waals surface area contributed by atoms with Crippen LogP contribution in [0.1, 0.15) is 35.2 Å². The number of ketones is 4. The van der Waals surface area contributed by atoms with Crippen molar-refractivity contribution in [2.24, 2.45) is 29.4 Å². The number of nitrogens with zero attached hydrogens (tertiary/aromatic N) is 1. The van der Waals surface area contributed by atoms with E-state index in [1.165, 1.54) is 12.1 Å². The Labute approximate surface area is 295 Å². The third kappa shape index (κ3) is 5.20. The van der Waals surface area contributed by atoms with Crippen LogP contribution in [-0.4, -0.2) is 76.2 Å². The van der Waals surface area contributed by atoms with E-state index in [4.69, 9.17) is 5.73 Å². The second-order valence-electron chi connectivity index (χ2n) is 13.6. The highest BCUT2D eigenvalue weighted by Gasteiger charge is 2.69. The van der Waals surface area contributed by atoms with Gasteiger partial charge in [-0.3, -0.25) is 24.0 Å². The number of rotatable bonds is 5. The summed E-state index contributed by atoms with van der Waals surface area (Å²) in [4.78, 5) is 81.7. The van der Waals surface area contributed by atoms with E-state index in [2.05, 4.69) is 34.9 Å². The number of carbonyl (C=O) groups is 6. The Morgan fingerprint density at radius 3 is 2.33 bits per heavy atom. The fraction of sp³-hybridized carbons (Fsp3) is 0.297. The molecule has 1 heterocycles. The second-order valence-corrected chi connectivity index (χ2v) is 14.7. The Bertz CT molecular complexity index is 2200. The summed E-state index contributed by atoms with van der Waals surface area (Å²) >= 11 is 1.65. The Balaban J connectivity index is 1.11. The van der Waals surface area contributed by atoms with Gasteiger partial charge in [-0.1, -0.05) is 31.2 Å². The first kappa shape index (κ1) is 34.0. The molecule has 2 saturated carbocycles. The topological polar surface area (TPSA) is 216 Å². The number of aliphatic hydroxyl groups excluding tert-OH is 1. The highest BCUT2D eigenvalue weighted by atomic mass is 32.1. The number of hydrogen-bond donors (Lipinski definition) is 6. The van der Waals surface area contributed by atoms with Gasteiger partial charge in [-0.2, -0.15) is 0 Å². The number of anilines is 3. The van der Waals surface area contributed by atoms with Crippen LogP contribution < -0.4 is 21.3 Å². The number of amides is 3. The second kappa shape index (κ2) is 12.1. The molecular formula is C37H34N4O9S. The van der Waals surface area contributed by atoms with Crippen molar-refractivity contribution in [1.29, 1.82) is 0 Å². The fourth-order valence-electron chi connectivity index (χ4n) is 7.90. The summed E-state index contributed by atoms with van der Waals surface area (Å²) in [6.45, 7) is 1.60. The minimum absolute atomic E-state index is 0.155. The van der Waals surface area contributed by atoms with Crippen molar-refractivity contribution in [3.63, 3.8) is 0 Å². The number of aliphatic hydroxyl groups is 2. The van der Waals surface area contributed by atoms with Crippen LogP contribution in [0.5, 0.6) is 5.75 Å². The van der Waals surface area contributed by atoms with Crippen LogP contribution in [0.15, 0.2) is 60.7 Å². The maximum Gasteiger partial charge on any atom is 0.323 e. The molecule has 7 atom stereocenters. The number of phenols is 1. The molecule has 1 aromatic heterocycles. The molecule has 3 aliphatic rings. The van der Waals surface area contributed by atoms with Crippen molar-refractivity contribution >= 4 is 73.6 Å². The Kier molecular flexibility index (Phi) is 8.08. The molecule has 51 heavy (non-hydrogen) atoms. The summed E-state index contributed by atoms with van der Waals surface area (Å²) in [5.74, 6) is -14.1. The highest BCUT2D eigenvalue weighted by molar-refractivity contribution is 7.22. The summed E-state index contributed by atoms with van der Waals surface area (Å²) in [6.07, 6.45) is -2.34. The predicted molar refractivity (Wildman–Crippen MR) is 189 cm³/mol. The third-order valence-electron chi connectivity index (χ3n) is 10.6. The van der Waals surface area contributed by atoms with Gasteiger partial charge in [0.1, 0.15) is 5.75 Å². The third-order valence-corrected chi connectivity index (χ3v) is 11.7. The molecule has 0 aliphatic heterocycles. The molecule has 2 fully saturated rings. The minimum Gasteiger partial charge on any atom is -0.505 e. The monoisotopic (exact) mass is 710 g/mol. The van der Waals surface area contributed by atoms with Gasteiger partial charge in [0.05, 0.1) is 23.3 Å². The van der Waals surface area contributed by atoms with Crippen molar-refractivity contribution in [3.05, 3.63) is 71.8 Å². The van der Waals surface area contributed by atoms with Gasteiger partial charge in [0.15, 0.2) is 34.7 Å². The summed E-state index contributed by atoms with van der Waals surface area (Å²) in [5, 5.41) is 40.4. The van der Waals surface area contributed by atoms with Crippen molar-refractivity contribution in [2.45, 2.75) is 31.0 Å². The lowest BCUT2D eigenvalue weighted by Gasteiger charge is -2.52. The number of carbonyl (C=O) groups excluding carboxylic acids is 6. The minimum atomic E-state index is -3.02. The lowest BCUT2D eigenvalue weighted by atomic mass is 9.50. The van der Waals surface area contributed by atoms with E-state index in [0.717, 1.165) is 26.2 Å². The normalized spacial score (nSPS) is 27.0. The van der Waals surface area contributed by atoms with E-state index >= 15 is 0 Å². The zero-order valence-corrected chi connectivity index (χ0v) is 28.5. The van der Waals surface area contributed by atoms with Gasteiger partial charge >= 0.3 is 6.03 Å². The number of fused-ring (bicyclic) bond motifs is 4. The summed E-state index contributed by atoms with van der Waals surface area (Å²) < 4.78 is 1.14. The number of primary amides is 1. The zero-order valence-electron chi connectivity index (χ0n) is 27.7. The lowest BCUT2D eigenvalue weighted by Crippen LogP contribution is -2.72. The van der Waals surface area contributed by atoms with Gasteiger partial charge in [-0.25, -0.2) is 4.79 Å². The van der Waals surface area contributed by atoms with E-state index in [9.17, 15) is 44.1 Å². The predicted octanol–water partition coefficient (Wildman–Crippen LogP) is 3.45. The molecule has 262 valence electrons. The average Bonchev–Trinajstić information content (AvgIpc) is 3.51. The molecular weight excluding hydrogens is 676 g/mol. The molecule has 13 nitrogen and oxygen atoms in total. The first-order chi connectivity index (χ1) is 24.1. The van der Waals surface area contributed by atoms with Crippen LogP contribution in [0.4, 0.5) is 21.9 Å². The smallest absolute Gasteiger partial charge is 0.323 e. The van der Waals surface area contributed by atoms with Gasteiger partial charge in [0.2, 0.25) is 5.91 Å². The van der Waals surface area contributed by atoms with Gasteiger partial charge in [-0.05, 0) is 58.8 Å². The van der Waals surface area contributed by atoms with Crippen molar-refractivity contribution in [2.75, 3.05) is 29.6 Å². The first-order valence-corrected chi connectivity index (χ1v) is 17.1. The van der Waals surface area contributed by atoms with Crippen LogP contribution in [-0.2, 0) is 19.2 Å². The Morgan fingerprint density at radius 1 is 0.961 bits per heavy atom. The maximum atomic E-state index is 14.0. The molecule has 0 radical (unpaired) electrons. The Hall–Kier alpha value is -5.44. The molecule has 3 aliphatic carbocycles. The summed E-state index contributed by atoms with van der Waals surface area (Å²) in [7, 11) is 3.97. The number of benzene rings is 3. The number of urea groups is 1. The molecule has 14 heteroatoms. The van der Waals surface area contributed by atoms with E-state index in [1.54, 1.807) is 30.4 Å². The standard InChI is InChI=1S/C37H34N4O9S/c1-15-20-10-11-22(40-36(49)39-18-7-4-16(5-8-18)24-12-17-6-9-19(41(2)3)13-25(17)51-24)31(44)27(20)32(45)29-26(15)30(43)21-14-23(42)28(35(38)48)33(46)37(21,50)34(29)47/h4-13,15,21,26,28-30,43-44,50H,14H2,1-3H3,(H2,38,48)(H2,39,40,49)/t15-,21+,26+,28?,29?,30+,37+/m0/s1. The largest absolute Gasteiger partial charge is 0.505 e. The van der Waals surface area contributed by atoms with Gasteiger partial charge < -0.3 is 36.6 Å². The lowest BCUT2D eigenvalue weighted by molar-refractivity contribution is -0.189. The van der Waals surface area contributed by atoms with E-state index in [1.807, 2.05) is 31.1 Å². The van der Waals surface area contributed by atoms with Crippen LogP contribution in [0.2, 0.25) is 0 Å². The SMILES string of the molecule is C[C@H]1c2ccc(NC(=O)Nc3ccc(-c4cc5ccc(N(C)C)cc5s4)cc3)c(O)c2C(=O)C2C(=O)[C@]3(O)C(=O)C(C(N)=O)C(=O)C[C@@H]3[C@@H](O)[C@@H]21. The average molecular weight is 711 g/mol. The van der Waals surface area contributed by atoms with Gasteiger partial charge in [-0.15, -0.1) is 11.3 Å². The fourth-order valence-corrected chi connectivity index (χ4v) is 9.00. The van der Waals surface area contributed by atoms with Crippen molar-refractivity contribution in [1.82, 2.24) is 0 Å². The van der Waals surface area contributed by atoms with Crippen molar-refractivity contribution < 1.29 is 44.1 Å². The maximum absolute atomic E-state index is 14.0. The highest BCUT2D eigenvalue weighted by Crippen LogP contribution is 2.54. The van der Waals surface area contributed by atoms with Crippen LogP contribution in [0, 0.1) is 23.7 Å². The molecule has 4 aromatic rings. The van der Waals surface area contributed by atoms with Crippen LogP contribution in [0.3, 0.4) is 0 Å². The molecule has 3 amide bonds. The molecule has 7 rings (SSSR count). The van der Waals surface area contributed by atoms with Crippen LogP contribution in [0.25, 0.3) is 20.5 Å². The van der Waals surface area contributed by atoms with E-state index in [0.29, 0.717) is 5.69 Å². The van der Waals surface area contributed by atoms with Gasteiger partial charge in [0, 0.05) is 53.3 Å². The van der Waals surface area contributed by atoms with E-state index < -0.39 is 88.5 Å². The Morgan fingerprint density at radius 2 is 1.67 bits per heavy atom. The molecule has 0 saturated heterocycles. The molecule has 3 aromatic carbocycles. The molecule has 2 unspecified atom stereocenters. The molecule has 7 N–H and O–H groups in total. The number of nitrogens with two attached hydrogens (primary N) is 1. The first-order valence-electron chi connectivity index (χ1n) is 16.2. The van der Waals surface area contributed by atoms with E-state index in [-0.39, 0.29) is 16.8 Å². The number of nitrogens with one attached hydrogen (secondary N) is 2. The zero-order chi connectivity index (χ0) is 36.7. The molecule has 0 spiro atoms. The van der Waals surface area contributed by atoms with Gasteiger partial charge in [0.25, 0.3) is 0 Å². The summed E-state index contributed by atoms with van der Waals surface area (Å²) in [5.41, 5.74) is 4.50. The summed E-state index contributed by atoms with van der Waals surface area (Å²) in [6, 6.07) is 17.7. The van der Waals surface area contributed by atoms with Crippen LogP contribution >= 0.6 is 11.3 Å². The number of Topliss-reactive ketones (excluding diaryl/α,β-unsaturated/α-hetero) is 4. The quantitative estimate of drug-likeness (QED) is 0.131. The number of aromatic hydroxyl groups is 1. The molecule has 0 bridgehead atoms. The number of thiophene rings is 1. The number of phenolic OH excluding ortho intramolecular Hbond substituents is 1.